The van der Waals surface area contributed by atoms with Crippen LogP contribution in [0.5, 0.6) is 11.5 Å². The molecule has 0 radical (unpaired) electrons. The molecule has 0 bridgehead atoms. The van der Waals surface area contributed by atoms with E-state index in [2.05, 4.69) is 6.58 Å². The molecule has 0 N–H and O–H groups in total. The number of halogens is 1. The van der Waals surface area contributed by atoms with Gasteiger partial charge in [-0.3, -0.25) is 0 Å². The Kier molecular flexibility index (Phi) is 5.80. The predicted octanol–water partition coefficient (Wildman–Crippen LogP) is 5.27. The number of hydrogen-bond donors (Lipinski definition) is 0. The van der Waals surface area contributed by atoms with Gasteiger partial charge in [0, 0.05) is 23.4 Å². The van der Waals surface area contributed by atoms with Gasteiger partial charge in [0.1, 0.15) is 12.4 Å². The first-order chi connectivity index (χ1) is 15.1. The van der Waals surface area contributed by atoms with Crippen molar-refractivity contribution < 1.29 is 23.4 Å². The number of aromatic nitrogens is 1. The van der Waals surface area contributed by atoms with Crippen LogP contribution in [0, 0.1) is 5.82 Å². The number of carbonyl (C=O) groups is 1. The molecular formula is C25H24FNO4. The van der Waals surface area contributed by atoms with Crippen molar-refractivity contribution in [3.05, 3.63) is 72.1 Å². The van der Waals surface area contributed by atoms with Crippen molar-refractivity contribution in [3.63, 3.8) is 0 Å². The molecule has 0 aliphatic carbocycles. The van der Waals surface area contributed by atoms with Gasteiger partial charge < -0.3 is 18.8 Å². The van der Waals surface area contributed by atoms with Gasteiger partial charge in [0.05, 0.1) is 25.0 Å². The zero-order chi connectivity index (χ0) is 22.0. The first-order valence-corrected chi connectivity index (χ1v) is 10.2. The minimum atomic E-state index is -0.429. The summed E-state index contributed by atoms with van der Waals surface area (Å²) in [6, 6.07) is 12.0. The summed E-state index contributed by atoms with van der Waals surface area (Å²) < 4.78 is 32.6. The Morgan fingerprint density at radius 2 is 2.06 bits per heavy atom. The van der Waals surface area contributed by atoms with Crippen LogP contribution in [-0.2, 0) is 17.7 Å². The van der Waals surface area contributed by atoms with Crippen molar-refractivity contribution in [3.8, 4) is 34.0 Å². The second kappa shape index (κ2) is 8.68. The lowest BCUT2D eigenvalue weighted by Crippen LogP contribution is -2.13. The summed E-state index contributed by atoms with van der Waals surface area (Å²) in [6.07, 6.45) is 2.40. The molecule has 0 unspecified atom stereocenters. The lowest BCUT2D eigenvalue weighted by atomic mass is 9.97. The average Bonchev–Trinajstić information content (AvgIpc) is 3.17. The van der Waals surface area contributed by atoms with Crippen LogP contribution in [0.15, 0.2) is 55.1 Å². The SMILES string of the molecule is C=CCOc1cc2c(cc1OC)CCn1c-2cc(C(=O)OCC)c1-c1cccc(F)c1. The second-order valence-electron chi connectivity index (χ2n) is 7.18. The van der Waals surface area contributed by atoms with Crippen LogP contribution in [0.1, 0.15) is 22.8 Å². The van der Waals surface area contributed by atoms with E-state index in [-0.39, 0.29) is 12.4 Å². The fraction of sp³-hybridized carbons (Fsp3) is 0.240. The first kappa shape index (κ1) is 20.7. The van der Waals surface area contributed by atoms with Crippen LogP contribution >= 0.6 is 0 Å². The van der Waals surface area contributed by atoms with E-state index >= 15 is 0 Å². The van der Waals surface area contributed by atoms with Crippen LogP contribution in [0.4, 0.5) is 4.39 Å². The molecule has 1 aliphatic rings. The molecule has 5 nitrogen and oxygen atoms in total. The van der Waals surface area contributed by atoms with Gasteiger partial charge in [0.25, 0.3) is 0 Å². The van der Waals surface area contributed by atoms with E-state index in [1.54, 1.807) is 32.2 Å². The largest absolute Gasteiger partial charge is 0.493 e. The molecule has 6 heteroatoms. The number of esters is 1. The van der Waals surface area contributed by atoms with Gasteiger partial charge in [-0.05, 0) is 49.2 Å². The molecule has 0 saturated carbocycles. The Morgan fingerprint density at radius 1 is 1.23 bits per heavy atom. The standard InChI is InChI=1S/C25H24FNO4/c1-4-11-31-23-15-19-16(13-22(23)29-3)9-10-27-21(19)14-20(25(28)30-5-2)24(27)17-7-6-8-18(26)12-17/h4,6-8,12-15H,1,5,9-11H2,2-3H3. The summed E-state index contributed by atoms with van der Waals surface area (Å²) in [5, 5.41) is 0. The second-order valence-corrected chi connectivity index (χ2v) is 7.18. The summed E-state index contributed by atoms with van der Waals surface area (Å²) in [7, 11) is 1.61. The summed E-state index contributed by atoms with van der Waals surface area (Å²) in [5.41, 5.74) is 4.60. The molecule has 0 spiro atoms. The van der Waals surface area contributed by atoms with Crippen molar-refractivity contribution in [2.75, 3.05) is 20.3 Å². The van der Waals surface area contributed by atoms with Crippen molar-refractivity contribution in [1.82, 2.24) is 4.57 Å². The number of nitrogens with zero attached hydrogens (tertiary/aromatic N) is 1. The zero-order valence-electron chi connectivity index (χ0n) is 17.6. The van der Waals surface area contributed by atoms with Crippen molar-refractivity contribution in [1.29, 1.82) is 0 Å². The number of ether oxygens (including phenoxy) is 3. The third kappa shape index (κ3) is 3.81. The van der Waals surface area contributed by atoms with Crippen LogP contribution < -0.4 is 9.47 Å². The lowest BCUT2D eigenvalue weighted by molar-refractivity contribution is 0.0527. The summed E-state index contributed by atoms with van der Waals surface area (Å²) in [5.74, 6) is 0.461. The van der Waals surface area contributed by atoms with Gasteiger partial charge in [-0.15, -0.1) is 0 Å². The van der Waals surface area contributed by atoms with E-state index in [1.165, 1.54) is 12.1 Å². The Labute approximate surface area is 180 Å². The molecule has 1 aliphatic heterocycles. The van der Waals surface area contributed by atoms with Gasteiger partial charge in [-0.2, -0.15) is 0 Å². The lowest BCUT2D eigenvalue weighted by Gasteiger charge is -2.23. The third-order valence-corrected chi connectivity index (χ3v) is 5.32. The van der Waals surface area contributed by atoms with E-state index < -0.39 is 5.97 Å². The van der Waals surface area contributed by atoms with Crippen LogP contribution in [0.2, 0.25) is 0 Å². The molecule has 0 atom stereocenters. The molecule has 0 saturated heterocycles. The molecular weight excluding hydrogens is 397 g/mol. The minimum Gasteiger partial charge on any atom is -0.493 e. The highest BCUT2D eigenvalue weighted by molar-refractivity contribution is 5.99. The maximum absolute atomic E-state index is 14.0. The Hall–Kier alpha value is -3.54. The number of hydrogen-bond acceptors (Lipinski definition) is 4. The minimum absolute atomic E-state index is 0.259. The highest BCUT2D eigenvalue weighted by Crippen LogP contribution is 2.42. The summed E-state index contributed by atoms with van der Waals surface area (Å²) in [4.78, 5) is 12.8. The number of fused-ring (bicyclic) bond motifs is 3. The Morgan fingerprint density at radius 3 is 2.77 bits per heavy atom. The fourth-order valence-corrected chi connectivity index (χ4v) is 4.02. The molecule has 0 fully saturated rings. The maximum atomic E-state index is 14.0. The van der Waals surface area contributed by atoms with E-state index in [1.807, 2.05) is 22.8 Å². The summed E-state index contributed by atoms with van der Waals surface area (Å²) >= 11 is 0. The number of methoxy groups -OCH3 is 1. The topological polar surface area (TPSA) is 49.7 Å². The highest BCUT2D eigenvalue weighted by atomic mass is 19.1. The van der Waals surface area contributed by atoms with E-state index in [4.69, 9.17) is 14.2 Å². The molecule has 2 aromatic carbocycles. The smallest absolute Gasteiger partial charge is 0.340 e. The molecule has 4 rings (SSSR count). The third-order valence-electron chi connectivity index (χ3n) is 5.32. The summed E-state index contributed by atoms with van der Waals surface area (Å²) in [6.45, 7) is 6.71. The zero-order valence-corrected chi connectivity index (χ0v) is 17.6. The molecule has 3 aromatic rings. The van der Waals surface area contributed by atoms with Crippen LogP contribution in [-0.4, -0.2) is 30.9 Å². The van der Waals surface area contributed by atoms with Crippen LogP contribution in [0.3, 0.4) is 0 Å². The van der Waals surface area contributed by atoms with Crippen molar-refractivity contribution >= 4 is 5.97 Å². The number of benzene rings is 2. The van der Waals surface area contributed by atoms with Crippen LogP contribution in [0.25, 0.3) is 22.5 Å². The Balaban J connectivity index is 1.92. The average molecular weight is 421 g/mol. The van der Waals surface area contributed by atoms with Crippen molar-refractivity contribution in [2.24, 2.45) is 0 Å². The fourth-order valence-electron chi connectivity index (χ4n) is 4.02. The Bertz CT molecular complexity index is 1150. The van der Waals surface area contributed by atoms with Gasteiger partial charge in [0.15, 0.2) is 11.5 Å². The van der Waals surface area contributed by atoms with Gasteiger partial charge in [-0.1, -0.05) is 24.8 Å². The number of carbonyl (C=O) groups excluding carboxylic acids is 1. The molecule has 160 valence electrons. The molecule has 2 heterocycles. The monoisotopic (exact) mass is 421 g/mol. The normalized spacial score (nSPS) is 12.0. The van der Waals surface area contributed by atoms with E-state index in [0.29, 0.717) is 41.5 Å². The van der Waals surface area contributed by atoms with Gasteiger partial charge >= 0.3 is 5.97 Å². The van der Waals surface area contributed by atoms with Gasteiger partial charge in [0.2, 0.25) is 0 Å². The number of aryl methyl sites for hydroxylation is 1. The molecule has 31 heavy (non-hydrogen) atoms. The predicted molar refractivity (Wildman–Crippen MR) is 117 cm³/mol. The molecule has 0 amide bonds. The van der Waals surface area contributed by atoms with Gasteiger partial charge in [-0.25, -0.2) is 9.18 Å². The number of rotatable bonds is 7. The first-order valence-electron chi connectivity index (χ1n) is 10.2. The van der Waals surface area contributed by atoms with Crippen molar-refractivity contribution in [2.45, 2.75) is 19.9 Å². The van der Waals surface area contributed by atoms with E-state index in [0.717, 1.165) is 23.2 Å². The quantitative estimate of drug-likeness (QED) is 0.385. The maximum Gasteiger partial charge on any atom is 0.340 e. The van der Waals surface area contributed by atoms with E-state index in [9.17, 15) is 9.18 Å². The molecule has 1 aromatic heterocycles. The highest BCUT2D eigenvalue weighted by Gasteiger charge is 2.28.